The molecule has 1 rings (SSSR count). The molecule has 0 aromatic rings. The van der Waals surface area contributed by atoms with Crippen molar-refractivity contribution >= 4 is 15.9 Å². The van der Waals surface area contributed by atoms with Crippen LogP contribution in [0.3, 0.4) is 0 Å². The Bertz CT molecular complexity index is 321. The Labute approximate surface area is 121 Å². The molecule has 19 heavy (non-hydrogen) atoms. The summed E-state index contributed by atoms with van der Waals surface area (Å²) < 4.78 is 24.4. The van der Waals surface area contributed by atoms with E-state index in [2.05, 4.69) is 0 Å². The summed E-state index contributed by atoms with van der Waals surface area (Å²) in [5.41, 5.74) is 1.07. The van der Waals surface area contributed by atoms with Crippen LogP contribution in [0.25, 0.3) is 0 Å². The maximum atomic E-state index is 12.9. The SMILES string of the molecule is CCCOC([O])(CCC1=[C]([GeH2][F])C=CC1)OCCC. The quantitative estimate of drug-likeness (QED) is 0.456. The van der Waals surface area contributed by atoms with E-state index >= 15 is 0 Å². The summed E-state index contributed by atoms with van der Waals surface area (Å²) in [6, 6.07) is 0. The van der Waals surface area contributed by atoms with Gasteiger partial charge in [-0.1, -0.05) is 0 Å². The Morgan fingerprint density at radius 2 is 1.95 bits per heavy atom. The monoisotopic (exact) mass is 333 g/mol. The Kier molecular flexibility index (Phi) is 7.91. The van der Waals surface area contributed by atoms with Crippen molar-refractivity contribution in [2.24, 2.45) is 0 Å². The van der Waals surface area contributed by atoms with Crippen LogP contribution < -0.4 is 0 Å². The normalized spacial score (nSPS) is 16.2. The molecule has 5 heteroatoms. The second-order valence-electron chi connectivity index (χ2n) is 4.75. The molecule has 0 amide bonds. The topological polar surface area (TPSA) is 38.4 Å². The average Bonchev–Trinajstić information content (AvgIpc) is 2.88. The second kappa shape index (κ2) is 8.90. The van der Waals surface area contributed by atoms with Gasteiger partial charge in [-0.05, 0) is 0 Å². The Hall–Kier alpha value is -0.167. The molecule has 0 N–H and O–H groups in total. The van der Waals surface area contributed by atoms with E-state index in [0.717, 1.165) is 29.2 Å². The van der Waals surface area contributed by atoms with E-state index in [0.29, 0.717) is 19.6 Å². The van der Waals surface area contributed by atoms with Crippen molar-refractivity contribution < 1.29 is 18.1 Å². The third-order valence-corrected chi connectivity index (χ3v) is 5.21. The van der Waals surface area contributed by atoms with Crippen molar-refractivity contribution in [3.8, 4) is 0 Å². The summed E-state index contributed by atoms with van der Waals surface area (Å²) in [4.78, 5) is 0. The zero-order valence-electron chi connectivity index (χ0n) is 11.9. The summed E-state index contributed by atoms with van der Waals surface area (Å²) in [5, 5.41) is 12.4. The summed E-state index contributed by atoms with van der Waals surface area (Å²) in [6.45, 7) is 4.72. The first-order chi connectivity index (χ1) is 9.15. The third kappa shape index (κ3) is 5.77. The summed E-state index contributed by atoms with van der Waals surface area (Å²) >= 11 is -2.05. The van der Waals surface area contributed by atoms with Gasteiger partial charge in [0.25, 0.3) is 0 Å². The molecule has 0 aromatic carbocycles. The first-order valence-electron chi connectivity index (χ1n) is 7.07. The van der Waals surface area contributed by atoms with E-state index in [1.807, 2.05) is 26.0 Å². The van der Waals surface area contributed by atoms with E-state index in [9.17, 15) is 8.61 Å². The summed E-state index contributed by atoms with van der Waals surface area (Å²) in [6.07, 6.45) is 7.04. The predicted molar refractivity (Wildman–Crippen MR) is 75.6 cm³/mol. The molecule has 0 unspecified atom stereocenters. The molecular weight excluding hydrogens is 308 g/mol. The van der Waals surface area contributed by atoms with Crippen LogP contribution in [0.15, 0.2) is 22.1 Å². The van der Waals surface area contributed by atoms with Crippen LogP contribution in [0.2, 0.25) is 0 Å². The van der Waals surface area contributed by atoms with E-state index < -0.39 is 21.9 Å². The molecule has 3 nitrogen and oxygen atoms in total. The van der Waals surface area contributed by atoms with E-state index in [4.69, 9.17) is 9.47 Å². The molecule has 0 aromatic heterocycles. The molecule has 109 valence electrons. The van der Waals surface area contributed by atoms with Gasteiger partial charge in [0.15, 0.2) is 0 Å². The fourth-order valence-corrected chi connectivity index (χ4v) is 3.61. The van der Waals surface area contributed by atoms with Crippen molar-refractivity contribution in [2.45, 2.75) is 51.9 Å². The van der Waals surface area contributed by atoms with Gasteiger partial charge in [-0.15, -0.1) is 0 Å². The van der Waals surface area contributed by atoms with E-state index in [1.54, 1.807) is 0 Å². The Balaban J connectivity index is 2.52. The number of hydrogen-bond donors (Lipinski definition) is 0. The van der Waals surface area contributed by atoms with Crippen LogP contribution in [0.4, 0.5) is 3.50 Å². The number of allylic oxidation sites excluding steroid dienone is 4. The fourth-order valence-electron chi connectivity index (χ4n) is 2.00. The number of halogens is 1. The first kappa shape index (κ1) is 16.9. The molecule has 0 bridgehead atoms. The van der Waals surface area contributed by atoms with Gasteiger partial charge in [-0.25, -0.2) is 0 Å². The van der Waals surface area contributed by atoms with Crippen LogP contribution in [0.5, 0.6) is 0 Å². The molecule has 1 aliphatic carbocycles. The molecule has 1 radical (unpaired) electrons. The van der Waals surface area contributed by atoms with Crippen LogP contribution in [-0.2, 0) is 14.6 Å². The second-order valence-corrected chi connectivity index (χ2v) is 6.91. The molecular formula is C14H24FGeO3. The van der Waals surface area contributed by atoms with Crippen LogP contribution in [0, 0.1) is 0 Å². The molecule has 0 aliphatic heterocycles. The van der Waals surface area contributed by atoms with Gasteiger partial charge in [0.05, 0.1) is 0 Å². The number of hydrogen-bond acceptors (Lipinski definition) is 2. The van der Waals surface area contributed by atoms with Gasteiger partial charge in [-0.3, -0.25) is 0 Å². The molecule has 0 atom stereocenters. The van der Waals surface area contributed by atoms with Crippen molar-refractivity contribution in [3.63, 3.8) is 0 Å². The zero-order valence-corrected chi connectivity index (χ0v) is 14.9. The van der Waals surface area contributed by atoms with Crippen molar-refractivity contribution in [2.75, 3.05) is 13.2 Å². The standard InChI is InChI=1S/C14H24FGeO3/c1-3-10-18-14(17,19-11-4-2)9-8-12-6-5-7-13(12)16-15/h5,7H,3-4,6,8-11,16H2,1-2H3. The molecule has 1 aliphatic rings. The average molecular weight is 332 g/mol. The van der Waals surface area contributed by atoms with Crippen LogP contribution in [0.1, 0.15) is 46.0 Å². The number of ether oxygens (including phenoxy) is 2. The molecule has 0 fully saturated rings. The molecule has 0 saturated carbocycles. The third-order valence-electron chi connectivity index (χ3n) is 3.07. The molecule has 0 saturated heterocycles. The van der Waals surface area contributed by atoms with Gasteiger partial charge in [0, 0.05) is 0 Å². The molecule has 0 spiro atoms. The minimum atomic E-state index is -2.05. The van der Waals surface area contributed by atoms with Crippen molar-refractivity contribution in [3.05, 3.63) is 22.1 Å². The van der Waals surface area contributed by atoms with Gasteiger partial charge in [0.2, 0.25) is 0 Å². The summed E-state index contributed by atoms with van der Waals surface area (Å²) in [5.74, 6) is -1.77. The fraction of sp³-hybridized carbons (Fsp3) is 0.714. The Morgan fingerprint density at radius 1 is 1.32 bits per heavy atom. The van der Waals surface area contributed by atoms with Gasteiger partial charge in [0.1, 0.15) is 0 Å². The van der Waals surface area contributed by atoms with Gasteiger partial charge >= 0.3 is 121 Å². The van der Waals surface area contributed by atoms with Crippen LogP contribution >= 0.6 is 0 Å². The zero-order chi connectivity index (χ0) is 14.1. The van der Waals surface area contributed by atoms with Crippen LogP contribution in [-0.4, -0.2) is 35.1 Å². The number of rotatable bonds is 10. The van der Waals surface area contributed by atoms with Gasteiger partial charge in [-0.2, -0.15) is 0 Å². The van der Waals surface area contributed by atoms with Crippen molar-refractivity contribution in [1.82, 2.24) is 0 Å². The molecule has 0 heterocycles. The predicted octanol–water partition coefficient (Wildman–Crippen LogP) is 2.97. The first-order valence-corrected chi connectivity index (χ1v) is 9.67. The Morgan fingerprint density at radius 3 is 2.47 bits per heavy atom. The van der Waals surface area contributed by atoms with E-state index in [-0.39, 0.29) is 6.42 Å². The van der Waals surface area contributed by atoms with E-state index in [1.165, 1.54) is 0 Å². The summed E-state index contributed by atoms with van der Waals surface area (Å²) in [7, 11) is 0. The van der Waals surface area contributed by atoms with Crippen molar-refractivity contribution in [1.29, 1.82) is 0 Å². The maximum absolute atomic E-state index is 12.9. The van der Waals surface area contributed by atoms with Gasteiger partial charge < -0.3 is 0 Å². The minimum absolute atomic E-state index is 0.260.